The largest absolute Gasteiger partial charge is 0.329 e. The number of halogens is 3. The lowest BCUT2D eigenvalue weighted by Gasteiger charge is -2.36. The van der Waals surface area contributed by atoms with Crippen LogP contribution in [0.5, 0.6) is 0 Å². The first-order chi connectivity index (χ1) is 13.7. The molecule has 0 bridgehead atoms. The molecule has 3 aromatic rings. The van der Waals surface area contributed by atoms with Crippen molar-refractivity contribution in [1.29, 1.82) is 0 Å². The van der Waals surface area contributed by atoms with Crippen molar-refractivity contribution in [3.8, 4) is 0 Å². The van der Waals surface area contributed by atoms with E-state index in [0.717, 1.165) is 30.6 Å². The van der Waals surface area contributed by atoms with Gasteiger partial charge in [-0.05, 0) is 48.7 Å². The molecule has 1 aromatic carbocycles. The van der Waals surface area contributed by atoms with E-state index in [1.54, 1.807) is 18.5 Å². The second kappa shape index (κ2) is 9.25. The quantitative estimate of drug-likeness (QED) is 0.649. The van der Waals surface area contributed by atoms with Gasteiger partial charge in [-0.25, -0.2) is 4.39 Å². The Bertz CT molecular complexity index is 1050. The molecule has 0 radical (unpaired) electrons. The standard InChI is InChI=1S/C22H21FN4O.2ClH/c23-16-5-6-19-17(10-16)18(11-20(26-19)14-3-4-14)22(28)27-9-8-25-13-21(27)15-2-1-7-24-12-15;;/h1-2,5-7,10-12,14,21,25H,3-4,8-9,13H2;2*1H. The number of hydrogen-bond acceptors (Lipinski definition) is 4. The van der Waals surface area contributed by atoms with Gasteiger partial charge in [-0.1, -0.05) is 6.07 Å². The first-order valence-corrected chi connectivity index (χ1v) is 9.72. The summed E-state index contributed by atoms with van der Waals surface area (Å²) in [5.74, 6) is -0.0139. The van der Waals surface area contributed by atoms with Crippen LogP contribution in [0.1, 0.15) is 46.4 Å². The summed E-state index contributed by atoms with van der Waals surface area (Å²) in [5, 5.41) is 3.94. The number of piperazine rings is 1. The molecule has 8 heteroatoms. The van der Waals surface area contributed by atoms with Gasteiger partial charge < -0.3 is 10.2 Å². The molecule has 1 saturated heterocycles. The van der Waals surface area contributed by atoms with E-state index in [0.29, 0.717) is 35.5 Å². The van der Waals surface area contributed by atoms with Crippen molar-refractivity contribution in [2.75, 3.05) is 19.6 Å². The molecular weight excluding hydrogens is 426 g/mol. The van der Waals surface area contributed by atoms with E-state index in [2.05, 4.69) is 15.3 Å². The van der Waals surface area contributed by atoms with Crippen LogP contribution in [0.15, 0.2) is 48.8 Å². The van der Waals surface area contributed by atoms with Crippen molar-refractivity contribution in [3.63, 3.8) is 0 Å². The molecule has 5 nitrogen and oxygen atoms in total. The highest BCUT2D eigenvalue weighted by Crippen LogP contribution is 2.40. The molecule has 1 atom stereocenters. The average molecular weight is 449 g/mol. The van der Waals surface area contributed by atoms with Gasteiger partial charge in [-0.3, -0.25) is 14.8 Å². The second-order valence-electron chi connectivity index (χ2n) is 7.54. The molecule has 2 aromatic heterocycles. The normalized spacial score (nSPS) is 18.4. The van der Waals surface area contributed by atoms with E-state index in [9.17, 15) is 9.18 Å². The summed E-state index contributed by atoms with van der Waals surface area (Å²) in [6, 6.07) is 10.2. The Kier molecular flexibility index (Phi) is 6.91. The molecule has 5 rings (SSSR count). The van der Waals surface area contributed by atoms with Crippen LogP contribution in [0.25, 0.3) is 10.9 Å². The van der Waals surface area contributed by atoms with Gasteiger partial charge >= 0.3 is 0 Å². The summed E-state index contributed by atoms with van der Waals surface area (Å²) in [6.07, 6.45) is 5.73. The molecule has 3 heterocycles. The van der Waals surface area contributed by atoms with E-state index in [-0.39, 0.29) is 42.6 Å². The predicted molar refractivity (Wildman–Crippen MR) is 119 cm³/mol. The fourth-order valence-electron chi connectivity index (χ4n) is 3.96. The maximum atomic E-state index is 14.0. The van der Waals surface area contributed by atoms with Gasteiger partial charge in [0.15, 0.2) is 0 Å². The fourth-order valence-corrected chi connectivity index (χ4v) is 3.96. The Morgan fingerprint density at radius 3 is 2.73 bits per heavy atom. The van der Waals surface area contributed by atoms with Gasteiger partial charge in [0.2, 0.25) is 0 Å². The lowest BCUT2D eigenvalue weighted by molar-refractivity contribution is 0.0636. The maximum absolute atomic E-state index is 14.0. The van der Waals surface area contributed by atoms with E-state index in [1.807, 2.05) is 23.1 Å². The zero-order valence-corrected chi connectivity index (χ0v) is 17.9. The zero-order valence-electron chi connectivity index (χ0n) is 16.3. The molecule has 1 saturated carbocycles. The highest BCUT2D eigenvalue weighted by Gasteiger charge is 2.32. The van der Waals surface area contributed by atoms with Crippen LogP contribution in [0.3, 0.4) is 0 Å². The van der Waals surface area contributed by atoms with E-state index < -0.39 is 0 Å². The molecule has 0 spiro atoms. The smallest absolute Gasteiger partial charge is 0.255 e. The third-order valence-electron chi connectivity index (χ3n) is 5.59. The molecule has 2 aliphatic rings. The molecule has 2 fully saturated rings. The Labute approximate surface area is 186 Å². The van der Waals surface area contributed by atoms with Gasteiger partial charge in [-0.2, -0.15) is 0 Å². The summed E-state index contributed by atoms with van der Waals surface area (Å²) in [7, 11) is 0. The lowest BCUT2D eigenvalue weighted by atomic mass is 10.0. The number of hydrogen-bond donors (Lipinski definition) is 1. The Morgan fingerprint density at radius 1 is 1.17 bits per heavy atom. The summed E-state index contributed by atoms with van der Waals surface area (Å²) < 4.78 is 14.0. The highest BCUT2D eigenvalue weighted by molar-refractivity contribution is 6.06. The van der Waals surface area contributed by atoms with Crippen molar-refractivity contribution in [2.24, 2.45) is 0 Å². The number of rotatable bonds is 3. The molecular formula is C22H23Cl2FN4O. The van der Waals surface area contributed by atoms with Crippen molar-refractivity contribution in [3.05, 3.63) is 71.4 Å². The van der Waals surface area contributed by atoms with Crippen LogP contribution in [-0.4, -0.2) is 40.4 Å². The SMILES string of the molecule is Cl.Cl.O=C(c1cc(C2CC2)nc2ccc(F)cc12)N1CCNCC1c1cccnc1. The van der Waals surface area contributed by atoms with Crippen LogP contribution in [0, 0.1) is 5.82 Å². The topological polar surface area (TPSA) is 58.1 Å². The Morgan fingerprint density at radius 2 is 2.00 bits per heavy atom. The minimum Gasteiger partial charge on any atom is -0.329 e. The molecule has 30 heavy (non-hydrogen) atoms. The van der Waals surface area contributed by atoms with Crippen molar-refractivity contribution >= 4 is 41.6 Å². The predicted octanol–water partition coefficient (Wildman–Crippen LogP) is 4.28. The number of amides is 1. The Balaban J connectivity index is 0.00000128. The number of aromatic nitrogens is 2. The fraction of sp³-hybridized carbons (Fsp3) is 0.318. The number of benzene rings is 1. The molecule has 1 unspecified atom stereocenters. The third kappa shape index (κ3) is 4.26. The van der Waals surface area contributed by atoms with Gasteiger partial charge in [-0.15, -0.1) is 24.8 Å². The first-order valence-electron chi connectivity index (χ1n) is 9.72. The minimum atomic E-state index is -0.355. The Hall–Kier alpha value is -2.28. The summed E-state index contributed by atoms with van der Waals surface area (Å²) in [4.78, 5) is 24.4. The van der Waals surface area contributed by atoms with E-state index >= 15 is 0 Å². The van der Waals surface area contributed by atoms with Crippen LogP contribution >= 0.6 is 24.8 Å². The number of fused-ring (bicyclic) bond motifs is 1. The number of pyridine rings is 2. The summed E-state index contributed by atoms with van der Waals surface area (Å²) in [5.41, 5.74) is 3.16. The maximum Gasteiger partial charge on any atom is 0.255 e. The molecule has 1 N–H and O–H groups in total. The molecule has 1 amide bonds. The number of carbonyl (C=O) groups is 1. The van der Waals surface area contributed by atoms with Crippen LogP contribution < -0.4 is 5.32 Å². The zero-order chi connectivity index (χ0) is 19.1. The van der Waals surface area contributed by atoms with Crippen LogP contribution in [0.2, 0.25) is 0 Å². The number of nitrogens with one attached hydrogen (secondary N) is 1. The molecule has 158 valence electrons. The van der Waals surface area contributed by atoms with Crippen LogP contribution in [0.4, 0.5) is 4.39 Å². The van der Waals surface area contributed by atoms with Crippen LogP contribution in [-0.2, 0) is 0 Å². The summed E-state index contributed by atoms with van der Waals surface area (Å²) >= 11 is 0. The highest BCUT2D eigenvalue weighted by atomic mass is 35.5. The van der Waals surface area contributed by atoms with E-state index in [1.165, 1.54) is 12.1 Å². The summed E-state index contributed by atoms with van der Waals surface area (Å²) in [6.45, 7) is 2.00. The number of nitrogens with zero attached hydrogens (tertiary/aromatic N) is 3. The van der Waals surface area contributed by atoms with Gasteiger partial charge in [0, 0.05) is 49.0 Å². The van der Waals surface area contributed by atoms with Gasteiger partial charge in [0.05, 0.1) is 17.1 Å². The lowest BCUT2D eigenvalue weighted by Crippen LogP contribution is -2.48. The van der Waals surface area contributed by atoms with Crippen molar-refractivity contribution in [1.82, 2.24) is 20.2 Å². The number of carbonyl (C=O) groups excluding carboxylic acids is 1. The van der Waals surface area contributed by atoms with Gasteiger partial charge in [0.25, 0.3) is 5.91 Å². The average Bonchev–Trinajstić information content (AvgIpc) is 3.59. The monoisotopic (exact) mass is 448 g/mol. The minimum absolute atomic E-state index is 0. The van der Waals surface area contributed by atoms with Gasteiger partial charge in [0.1, 0.15) is 5.82 Å². The van der Waals surface area contributed by atoms with Crippen molar-refractivity contribution in [2.45, 2.75) is 24.8 Å². The molecule has 1 aliphatic carbocycles. The third-order valence-corrected chi connectivity index (χ3v) is 5.59. The van der Waals surface area contributed by atoms with E-state index in [4.69, 9.17) is 0 Å². The second-order valence-corrected chi connectivity index (χ2v) is 7.54. The van der Waals surface area contributed by atoms with Crippen molar-refractivity contribution < 1.29 is 9.18 Å². The molecule has 1 aliphatic heterocycles. The first kappa shape index (κ1) is 22.4.